The van der Waals surface area contributed by atoms with Crippen molar-refractivity contribution in [3.05, 3.63) is 70.3 Å². The first-order valence-corrected chi connectivity index (χ1v) is 7.48. The molecule has 0 radical (unpaired) electrons. The van der Waals surface area contributed by atoms with Gasteiger partial charge in [-0.25, -0.2) is 4.79 Å². The van der Waals surface area contributed by atoms with E-state index in [9.17, 15) is 18.0 Å². The molecule has 0 fully saturated rings. The molecular weight excluding hydrogens is 333 g/mol. The van der Waals surface area contributed by atoms with E-state index in [-0.39, 0.29) is 6.61 Å². The highest BCUT2D eigenvalue weighted by atomic mass is 19.4. The SMILES string of the molecule is CC(C=CC=C(C)C1=Cc2cc(C(F)(F)F)ccc2OC1)=CC(=O)O. The Morgan fingerprint density at radius 3 is 2.64 bits per heavy atom. The number of aliphatic carboxylic acids is 1. The third-order valence-corrected chi connectivity index (χ3v) is 3.61. The monoisotopic (exact) mass is 350 g/mol. The molecule has 0 saturated carbocycles. The number of benzene rings is 1. The maximum atomic E-state index is 12.8. The third kappa shape index (κ3) is 5.11. The Morgan fingerprint density at radius 1 is 1.28 bits per heavy atom. The largest absolute Gasteiger partial charge is 0.488 e. The minimum Gasteiger partial charge on any atom is -0.488 e. The molecule has 1 heterocycles. The smallest absolute Gasteiger partial charge is 0.416 e. The van der Waals surface area contributed by atoms with E-state index in [0.717, 1.165) is 29.4 Å². The lowest BCUT2D eigenvalue weighted by Gasteiger charge is -2.19. The summed E-state index contributed by atoms with van der Waals surface area (Å²) in [6, 6.07) is 3.39. The van der Waals surface area contributed by atoms with Crippen LogP contribution in [0.25, 0.3) is 6.08 Å². The Morgan fingerprint density at radius 2 is 2.00 bits per heavy atom. The van der Waals surface area contributed by atoms with Gasteiger partial charge in [-0.05, 0) is 54.8 Å². The number of ether oxygens (including phenoxy) is 1. The zero-order valence-electron chi connectivity index (χ0n) is 13.7. The van der Waals surface area contributed by atoms with Crippen molar-refractivity contribution in [3.8, 4) is 5.75 Å². The number of hydrogen-bond donors (Lipinski definition) is 1. The van der Waals surface area contributed by atoms with Gasteiger partial charge in [-0.3, -0.25) is 0 Å². The number of rotatable bonds is 4. The molecule has 0 amide bonds. The standard InChI is InChI=1S/C19H17F3O3/c1-12(8-18(23)24)4-3-5-13(2)15-9-14-10-16(19(20,21)22)6-7-17(14)25-11-15/h3-10H,11H2,1-2H3,(H,23,24). The second-order valence-electron chi connectivity index (χ2n) is 5.64. The Bertz CT molecular complexity index is 797. The number of fused-ring (bicyclic) bond motifs is 1. The second kappa shape index (κ2) is 7.42. The van der Waals surface area contributed by atoms with Crippen molar-refractivity contribution < 1.29 is 27.8 Å². The Balaban J connectivity index is 2.24. The van der Waals surface area contributed by atoms with Crippen molar-refractivity contribution in [1.29, 1.82) is 0 Å². The summed E-state index contributed by atoms with van der Waals surface area (Å²) in [5.41, 5.74) is 1.82. The highest BCUT2D eigenvalue weighted by Crippen LogP contribution is 2.35. The van der Waals surface area contributed by atoms with Crippen molar-refractivity contribution in [3.63, 3.8) is 0 Å². The fourth-order valence-corrected chi connectivity index (χ4v) is 2.28. The molecule has 0 aromatic heterocycles. The lowest BCUT2D eigenvalue weighted by atomic mass is 10.00. The van der Waals surface area contributed by atoms with Gasteiger partial charge in [0.2, 0.25) is 0 Å². The molecule has 6 heteroatoms. The van der Waals surface area contributed by atoms with Gasteiger partial charge in [0, 0.05) is 11.6 Å². The zero-order valence-corrected chi connectivity index (χ0v) is 13.7. The molecule has 1 aliphatic heterocycles. The molecule has 0 bridgehead atoms. The minimum absolute atomic E-state index is 0.262. The molecule has 1 N–H and O–H groups in total. The van der Waals surface area contributed by atoms with E-state index in [2.05, 4.69) is 0 Å². The first-order valence-electron chi connectivity index (χ1n) is 7.48. The van der Waals surface area contributed by atoms with E-state index in [4.69, 9.17) is 9.84 Å². The van der Waals surface area contributed by atoms with Crippen LogP contribution in [0.2, 0.25) is 0 Å². The van der Waals surface area contributed by atoms with Crippen molar-refractivity contribution in [2.24, 2.45) is 0 Å². The summed E-state index contributed by atoms with van der Waals surface area (Å²) in [5, 5.41) is 8.64. The van der Waals surface area contributed by atoms with Gasteiger partial charge in [-0.1, -0.05) is 18.2 Å². The lowest BCUT2D eigenvalue weighted by molar-refractivity contribution is -0.137. The van der Waals surface area contributed by atoms with Crippen LogP contribution in [0.3, 0.4) is 0 Å². The topological polar surface area (TPSA) is 46.5 Å². The van der Waals surface area contributed by atoms with Crippen LogP contribution in [0, 0.1) is 0 Å². The van der Waals surface area contributed by atoms with Crippen molar-refractivity contribution >= 4 is 12.0 Å². The summed E-state index contributed by atoms with van der Waals surface area (Å²) in [6.07, 6.45) is 3.44. The van der Waals surface area contributed by atoms with Crippen molar-refractivity contribution in [2.45, 2.75) is 20.0 Å². The van der Waals surface area contributed by atoms with E-state index < -0.39 is 17.7 Å². The maximum Gasteiger partial charge on any atom is 0.416 e. The van der Waals surface area contributed by atoms with Gasteiger partial charge >= 0.3 is 12.1 Å². The van der Waals surface area contributed by atoms with Gasteiger partial charge in [0.15, 0.2) is 0 Å². The molecular formula is C19H17F3O3. The predicted molar refractivity (Wildman–Crippen MR) is 89.2 cm³/mol. The molecule has 2 rings (SSSR count). The summed E-state index contributed by atoms with van der Waals surface area (Å²) in [6.45, 7) is 3.73. The average molecular weight is 350 g/mol. The normalized spacial score (nSPS) is 15.6. The second-order valence-corrected chi connectivity index (χ2v) is 5.64. The molecule has 0 spiro atoms. The quantitative estimate of drug-likeness (QED) is 0.613. The molecule has 0 aliphatic carbocycles. The fourth-order valence-electron chi connectivity index (χ4n) is 2.28. The van der Waals surface area contributed by atoms with E-state index in [0.29, 0.717) is 16.9 Å². The lowest BCUT2D eigenvalue weighted by Crippen LogP contribution is -2.10. The van der Waals surface area contributed by atoms with Crippen LogP contribution in [-0.2, 0) is 11.0 Å². The van der Waals surface area contributed by atoms with Crippen LogP contribution in [0.4, 0.5) is 13.2 Å². The summed E-state index contributed by atoms with van der Waals surface area (Å²) in [5.74, 6) is -0.608. The summed E-state index contributed by atoms with van der Waals surface area (Å²) in [7, 11) is 0. The van der Waals surface area contributed by atoms with Gasteiger partial charge in [-0.2, -0.15) is 13.2 Å². The fraction of sp³-hybridized carbons (Fsp3) is 0.211. The van der Waals surface area contributed by atoms with Crippen LogP contribution in [0.5, 0.6) is 5.75 Å². The van der Waals surface area contributed by atoms with E-state index in [1.807, 2.05) is 6.92 Å². The third-order valence-electron chi connectivity index (χ3n) is 3.61. The summed E-state index contributed by atoms with van der Waals surface area (Å²) < 4.78 is 44.0. The number of halogens is 3. The molecule has 1 aliphatic rings. The van der Waals surface area contributed by atoms with Crippen molar-refractivity contribution in [1.82, 2.24) is 0 Å². The highest BCUT2D eigenvalue weighted by Gasteiger charge is 2.31. The Kier molecular flexibility index (Phi) is 5.51. The van der Waals surface area contributed by atoms with Crippen LogP contribution < -0.4 is 4.74 Å². The molecule has 132 valence electrons. The van der Waals surface area contributed by atoms with Gasteiger partial charge < -0.3 is 9.84 Å². The molecule has 0 saturated heterocycles. The van der Waals surface area contributed by atoms with E-state index in [1.54, 1.807) is 31.2 Å². The van der Waals surface area contributed by atoms with Gasteiger partial charge in [0.05, 0.1) is 5.56 Å². The Hall–Kier alpha value is -2.76. The first-order chi connectivity index (χ1) is 11.7. The number of allylic oxidation sites excluding steroid dienone is 4. The van der Waals surface area contributed by atoms with Gasteiger partial charge in [-0.15, -0.1) is 0 Å². The van der Waals surface area contributed by atoms with Crippen LogP contribution in [0.15, 0.2) is 59.2 Å². The maximum absolute atomic E-state index is 12.8. The Labute approximate surface area is 143 Å². The highest BCUT2D eigenvalue weighted by molar-refractivity contribution is 5.81. The minimum atomic E-state index is -4.40. The van der Waals surface area contributed by atoms with Crippen LogP contribution in [-0.4, -0.2) is 17.7 Å². The van der Waals surface area contributed by atoms with Gasteiger partial charge in [0.1, 0.15) is 12.4 Å². The number of alkyl halides is 3. The van der Waals surface area contributed by atoms with E-state index >= 15 is 0 Å². The molecule has 0 atom stereocenters. The average Bonchev–Trinajstić information content (AvgIpc) is 2.52. The number of hydrogen-bond acceptors (Lipinski definition) is 2. The molecule has 25 heavy (non-hydrogen) atoms. The first kappa shape index (κ1) is 18.6. The van der Waals surface area contributed by atoms with Gasteiger partial charge in [0.25, 0.3) is 0 Å². The van der Waals surface area contributed by atoms with Crippen LogP contribution in [0.1, 0.15) is 25.0 Å². The molecule has 1 aromatic carbocycles. The van der Waals surface area contributed by atoms with Crippen molar-refractivity contribution in [2.75, 3.05) is 6.61 Å². The number of carbonyl (C=O) groups is 1. The summed E-state index contributed by atoms with van der Waals surface area (Å²) in [4.78, 5) is 10.5. The molecule has 3 nitrogen and oxygen atoms in total. The zero-order chi connectivity index (χ0) is 18.6. The van der Waals surface area contributed by atoms with E-state index in [1.165, 1.54) is 6.07 Å². The molecule has 0 unspecified atom stereocenters. The predicted octanol–water partition coefficient (Wildman–Crippen LogP) is 5.01. The number of carboxylic acid groups (broad SMARTS) is 1. The van der Waals surface area contributed by atoms with Crippen LogP contribution >= 0.6 is 0 Å². The summed E-state index contributed by atoms with van der Waals surface area (Å²) >= 11 is 0. The number of carboxylic acids is 1. The molecule has 1 aromatic rings.